The first-order chi connectivity index (χ1) is 14.8. The molecule has 2 aromatic carbocycles. The van der Waals surface area contributed by atoms with E-state index in [1.165, 1.54) is 24.6 Å². The summed E-state index contributed by atoms with van der Waals surface area (Å²) in [6, 6.07) is 8.45. The summed E-state index contributed by atoms with van der Waals surface area (Å²) in [5, 5.41) is 8.68. The normalized spacial score (nSPS) is 19.4. The number of halogens is 4. The van der Waals surface area contributed by atoms with Crippen molar-refractivity contribution in [1.82, 2.24) is 0 Å². The molecule has 1 aliphatic rings. The number of nitriles is 1. The maximum atomic E-state index is 14.5. The molecule has 31 heavy (non-hydrogen) atoms. The van der Waals surface area contributed by atoms with Crippen LogP contribution in [0.15, 0.2) is 48.6 Å². The smallest absolute Gasteiger partial charge is 0.426 e. The Labute approximate surface area is 180 Å². The fourth-order valence-electron chi connectivity index (χ4n) is 4.15. The molecule has 0 amide bonds. The highest BCUT2D eigenvalue weighted by Gasteiger charge is 2.35. The molecule has 0 N–H and O–H groups in total. The Kier molecular flexibility index (Phi) is 7.37. The Bertz CT molecular complexity index is 931. The number of allylic oxidation sites excluding steroid dienone is 2. The number of benzene rings is 2. The number of rotatable bonds is 7. The van der Waals surface area contributed by atoms with Crippen molar-refractivity contribution in [3.05, 3.63) is 76.9 Å². The van der Waals surface area contributed by atoms with E-state index in [0.717, 1.165) is 43.6 Å². The van der Waals surface area contributed by atoms with Gasteiger partial charge in [-0.3, -0.25) is 0 Å². The monoisotopic (exact) mass is 431 g/mol. The Morgan fingerprint density at radius 1 is 1.06 bits per heavy atom. The average molecular weight is 431 g/mol. The first-order valence-corrected chi connectivity index (χ1v) is 10.5. The zero-order chi connectivity index (χ0) is 22.4. The molecule has 1 saturated carbocycles. The fourth-order valence-corrected chi connectivity index (χ4v) is 4.15. The molecule has 0 spiro atoms. The molecule has 6 heteroatoms. The van der Waals surface area contributed by atoms with E-state index in [-0.39, 0.29) is 0 Å². The van der Waals surface area contributed by atoms with Gasteiger partial charge in [-0.25, -0.2) is 8.78 Å². The van der Waals surface area contributed by atoms with E-state index in [1.807, 2.05) is 6.92 Å². The second-order valence-electron chi connectivity index (χ2n) is 7.98. The molecule has 0 heterocycles. The predicted octanol–water partition coefficient (Wildman–Crippen LogP) is 7.59. The van der Waals surface area contributed by atoms with E-state index in [2.05, 4.69) is 16.9 Å². The summed E-state index contributed by atoms with van der Waals surface area (Å²) in [4.78, 5) is 0. The van der Waals surface area contributed by atoms with Gasteiger partial charge in [0.1, 0.15) is 29.0 Å². The Hall–Kier alpha value is -2.81. The summed E-state index contributed by atoms with van der Waals surface area (Å²) in [6.45, 7) is 2.02. The molecule has 0 aliphatic heterocycles. The van der Waals surface area contributed by atoms with Crippen LogP contribution in [0, 0.1) is 28.9 Å². The van der Waals surface area contributed by atoms with Gasteiger partial charge in [0, 0.05) is 12.1 Å². The lowest BCUT2D eigenvalue weighted by Crippen LogP contribution is -2.22. The minimum absolute atomic E-state index is 0.350. The summed E-state index contributed by atoms with van der Waals surface area (Å²) < 4.78 is 61.0. The van der Waals surface area contributed by atoms with Gasteiger partial charge >= 0.3 is 6.11 Å². The molecule has 0 radical (unpaired) electrons. The Balaban J connectivity index is 1.64. The quantitative estimate of drug-likeness (QED) is 0.334. The summed E-state index contributed by atoms with van der Waals surface area (Å²) in [7, 11) is 0. The molecule has 3 rings (SSSR count). The van der Waals surface area contributed by atoms with E-state index in [0.29, 0.717) is 18.1 Å². The Morgan fingerprint density at radius 3 is 2.23 bits per heavy atom. The van der Waals surface area contributed by atoms with E-state index >= 15 is 0 Å². The van der Waals surface area contributed by atoms with Crippen LogP contribution in [0.5, 0.6) is 5.75 Å². The molecule has 164 valence electrons. The van der Waals surface area contributed by atoms with Gasteiger partial charge in [0.2, 0.25) is 0 Å². The SMILES string of the molecule is C/C=C\CC[C@H]1CC[C@H](c2ccc(C(F)(F)Oc3cc(F)c(C#N)c(F)c3)cc2)CC1. The maximum Gasteiger partial charge on any atom is 0.426 e. The van der Waals surface area contributed by atoms with Gasteiger partial charge in [0.05, 0.1) is 5.56 Å². The van der Waals surface area contributed by atoms with Crippen LogP contribution in [0.25, 0.3) is 0 Å². The van der Waals surface area contributed by atoms with E-state index in [1.54, 1.807) is 12.1 Å². The van der Waals surface area contributed by atoms with Gasteiger partial charge in [-0.15, -0.1) is 0 Å². The van der Waals surface area contributed by atoms with Gasteiger partial charge in [-0.05, 0) is 75.0 Å². The zero-order valence-corrected chi connectivity index (χ0v) is 17.4. The van der Waals surface area contributed by atoms with Crippen molar-refractivity contribution in [3.8, 4) is 11.8 Å². The highest BCUT2D eigenvalue weighted by atomic mass is 19.3. The van der Waals surface area contributed by atoms with Crippen molar-refractivity contribution < 1.29 is 22.3 Å². The zero-order valence-electron chi connectivity index (χ0n) is 17.4. The van der Waals surface area contributed by atoms with E-state index in [4.69, 9.17) is 5.26 Å². The molecule has 0 atom stereocenters. The summed E-state index contributed by atoms with van der Waals surface area (Å²) in [5.41, 5.74) is -0.222. The molecule has 0 aromatic heterocycles. The average Bonchev–Trinajstić information content (AvgIpc) is 2.74. The van der Waals surface area contributed by atoms with Crippen LogP contribution in [0.1, 0.15) is 68.1 Å². The van der Waals surface area contributed by atoms with Gasteiger partial charge in [-0.2, -0.15) is 14.0 Å². The van der Waals surface area contributed by atoms with Gasteiger partial charge in [0.15, 0.2) is 0 Å². The minimum Gasteiger partial charge on any atom is -0.429 e. The van der Waals surface area contributed by atoms with Crippen LogP contribution in [0.3, 0.4) is 0 Å². The number of ether oxygens (including phenoxy) is 1. The second-order valence-corrected chi connectivity index (χ2v) is 7.98. The molecular formula is C25H25F4NO. The highest BCUT2D eigenvalue weighted by Crippen LogP contribution is 2.39. The summed E-state index contributed by atoms with van der Waals surface area (Å²) in [6.07, 6.45) is 7.13. The number of hydrogen-bond donors (Lipinski definition) is 0. The van der Waals surface area contributed by atoms with Gasteiger partial charge in [0.25, 0.3) is 0 Å². The van der Waals surface area contributed by atoms with Crippen molar-refractivity contribution in [1.29, 1.82) is 5.26 Å². The third-order valence-corrected chi connectivity index (χ3v) is 5.92. The largest absolute Gasteiger partial charge is 0.429 e. The minimum atomic E-state index is -3.77. The summed E-state index contributed by atoms with van der Waals surface area (Å²) in [5.74, 6) is -2.10. The second kappa shape index (κ2) is 10.00. The molecule has 1 fully saturated rings. The van der Waals surface area contributed by atoms with Gasteiger partial charge in [-0.1, -0.05) is 24.3 Å². The molecule has 0 bridgehead atoms. The van der Waals surface area contributed by atoms with Crippen molar-refractivity contribution in [3.63, 3.8) is 0 Å². The van der Waals surface area contributed by atoms with Crippen LogP contribution in [-0.4, -0.2) is 0 Å². The van der Waals surface area contributed by atoms with Gasteiger partial charge < -0.3 is 4.74 Å². The van der Waals surface area contributed by atoms with Crippen molar-refractivity contribution in [2.75, 3.05) is 0 Å². The Morgan fingerprint density at radius 2 is 1.68 bits per heavy atom. The van der Waals surface area contributed by atoms with E-state index < -0.39 is 34.6 Å². The molecular weight excluding hydrogens is 406 g/mol. The molecule has 2 nitrogen and oxygen atoms in total. The molecule has 2 aromatic rings. The van der Waals surface area contributed by atoms with Crippen LogP contribution < -0.4 is 4.74 Å². The van der Waals surface area contributed by atoms with Crippen LogP contribution in [0.4, 0.5) is 17.6 Å². The standard InChI is InChI=1S/C25H25F4NO/c1-2-3-4-5-17-6-8-18(9-7-17)19-10-12-20(13-11-19)25(28,29)31-21-14-23(26)22(16-30)24(27)15-21/h2-3,10-15,17-18H,4-9H2,1H3/b3-2-/t17-,18-. The lowest BCUT2D eigenvalue weighted by Gasteiger charge is -2.29. The predicted molar refractivity (Wildman–Crippen MR) is 111 cm³/mol. The first kappa shape index (κ1) is 22.9. The third-order valence-electron chi connectivity index (χ3n) is 5.92. The van der Waals surface area contributed by atoms with Crippen LogP contribution in [0.2, 0.25) is 0 Å². The number of nitrogens with zero attached hydrogens (tertiary/aromatic N) is 1. The van der Waals surface area contributed by atoms with Crippen LogP contribution in [-0.2, 0) is 6.11 Å². The molecule has 0 unspecified atom stereocenters. The highest BCUT2D eigenvalue weighted by molar-refractivity contribution is 5.38. The van der Waals surface area contributed by atoms with Crippen molar-refractivity contribution in [2.24, 2.45) is 5.92 Å². The number of alkyl halides is 2. The molecule has 0 saturated heterocycles. The topological polar surface area (TPSA) is 33.0 Å². The maximum absolute atomic E-state index is 14.5. The third kappa shape index (κ3) is 5.66. The lowest BCUT2D eigenvalue weighted by molar-refractivity contribution is -0.185. The lowest BCUT2D eigenvalue weighted by atomic mass is 9.77. The van der Waals surface area contributed by atoms with Crippen molar-refractivity contribution >= 4 is 0 Å². The summed E-state index contributed by atoms with van der Waals surface area (Å²) >= 11 is 0. The fraction of sp³-hybridized carbons (Fsp3) is 0.400. The molecule has 1 aliphatic carbocycles. The van der Waals surface area contributed by atoms with E-state index in [9.17, 15) is 17.6 Å². The number of hydrogen-bond acceptors (Lipinski definition) is 2. The van der Waals surface area contributed by atoms with Crippen molar-refractivity contribution in [2.45, 2.75) is 57.5 Å². The van der Waals surface area contributed by atoms with Crippen LogP contribution >= 0.6 is 0 Å². The first-order valence-electron chi connectivity index (χ1n) is 10.5.